The number of rotatable bonds is 7. The van der Waals surface area contributed by atoms with Crippen LogP contribution in [0.15, 0.2) is 53.7 Å². The predicted octanol–water partition coefficient (Wildman–Crippen LogP) is 3.21. The van der Waals surface area contributed by atoms with Crippen molar-refractivity contribution in [2.75, 3.05) is 31.5 Å². The number of hydrogen-bond acceptors (Lipinski definition) is 5. The van der Waals surface area contributed by atoms with Crippen LogP contribution in [-0.2, 0) is 21.4 Å². The Bertz CT molecular complexity index is 1090. The van der Waals surface area contributed by atoms with Crippen LogP contribution in [0, 0.1) is 5.92 Å². The van der Waals surface area contributed by atoms with Gasteiger partial charge in [0.15, 0.2) is 0 Å². The number of urea groups is 1. The Balaban J connectivity index is 1.26. The summed E-state index contributed by atoms with van der Waals surface area (Å²) in [6.07, 6.45) is 9.83. The molecule has 0 bridgehead atoms. The molecule has 1 aliphatic heterocycles. The maximum Gasteiger partial charge on any atom is 0.319 e. The van der Waals surface area contributed by atoms with Crippen molar-refractivity contribution in [3.63, 3.8) is 0 Å². The van der Waals surface area contributed by atoms with Crippen LogP contribution in [0.25, 0.3) is 0 Å². The average molecular weight is 500 g/mol. The van der Waals surface area contributed by atoms with Crippen molar-refractivity contribution in [1.29, 1.82) is 0 Å². The topological polar surface area (TPSA) is 112 Å². The Morgan fingerprint density at radius 3 is 2.34 bits per heavy atom. The van der Waals surface area contributed by atoms with Gasteiger partial charge in [0.25, 0.3) is 0 Å². The monoisotopic (exact) mass is 499 g/mol. The number of hydrogen-bond donors (Lipinski definition) is 2. The van der Waals surface area contributed by atoms with Gasteiger partial charge in [-0.3, -0.25) is 9.78 Å². The number of benzene rings is 1. The first-order chi connectivity index (χ1) is 16.9. The highest BCUT2D eigenvalue weighted by molar-refractivity contribution is 7.89. The number of nitrogens with zero attached hydrogens (tertiary/aromatic N) is 3. The Kier molecular flexibility index (Phi) is 8.35. The lowest BCUT2D eigenvalue weighted by Gasteiger charge is -2.35. The van der Waals surface area contributed by atoms with Crippen molar-refractivity contribution in [3.05, 3.63) is 54.4 Å². The lowest BCUT2D eigenvalue weighted by atomic mass is 9.86. The van der Waals surface area contributed by atoms with Crippen molar-refractivity contribution in [2.24, 2.45) is 5.92 Å². The van der Waals surface area contributed by atoms with Gasteiger partial charge in [-0.15, -0.1) is 0 Å². The van der Waals surface area contributed by atoms with Crippen molar-refractivity contribution < 1.29 is 18.0 Å². The number of carbonyl (C=O) groups is 2. The summed E-state index contributed by atoms with van der Waals surface area (Å²) in [6.45, 7) is 1.75. The number of piperazine rings is 1. The molecule has 1 aromatic carbocycles. The highest BCUT2D eigenvalue weighted by Gasteiger charge is 2.31. The SMILES string of the molecule is O=C(NCc1cccnc1)Nc1ccc(S(=O)(=O)N2CCN(C(=O)CC3CCCCC3)CC2)cc1. The summed E-state index contributed by atoms with van der Waals surface area (Å²) in [5, 5.41) is 5.43. The molecule has 35 heavy (non-hydrogen) atoms. The van der Waals surface area contributed by atoms with Gasteiger partial charge in [0, 0.05) is 57.2 Å². The van der Waals surface area contributed by atoms with Crippen LogP contribution in [0.4, 0.5) is 10.5 Å². The molecule has 1 saturated carbocycles. The largest absolute Gasteiger partial charge is 0.340 e. The molecule has 0 radical (unpaired) electrons. The number of pyridine rings is 1. The van der Waals surface area contributed by atoms with Crippen LogP contribution >= 0.6 is 0 Å². The Morgan fingerprint density at radius 2 is 1.69 bits per heavy atom. The van der Waals surface area contributed by atoms with E-state index in [1.54, 1.807) is 35.5 Å². The highest BCUT2D eigenvalue weighted by atomic mass is 32.2. The first kappa shape index (κ1) is 25.1. The van der Waals surface area contributed by atoms with Gasteiger partial charge in [0.1, 0.15) is 0 Å². The summed E-state index contributed by atoms with van der Waals surface area (Å²) in [5.41, 5.74) is 1.37. The smallest absolute Gasteiger partial charge is 0.319 e. The average Bonchev–Trinajstić information content (AvgIpc) is 2.89. The minimum absolute atomic E-state index is 0.145. The maximum atomic E-state index is 13.1. The molecule has 2 N–H and O–H groups in total. The zero-order chi connectivity index (χ0) is 24.7. The van der Waals surface area contributed by atoms with Crippen LogP contribution in [0.2, 0.25) is 0 Å². The predicted molar refractivity (Wildman–Crippen MR) is 133 cm³/mol. The molecule has 1 aliphatic carbocycles. The zero-order valence-electron chi connectivity index (χ0n) is 19.9. The van der Waals surface area contributed by atoms with Crippen LogP contribution in [0.5, 0.6) is 0 Å². The molecule has 2 aliphatic rings. The summed E-state index contributed by atoms with van der Waals surface area (Å²) >= 11 is 0. The van der Waals surface area contributed by atoms with E-state index in [9.17, 15) is 18.0 Å². The molecule has 1 saturated heterocycles. The number of sulfonamides is 1. The van der Waals surface area contributed by atoms with Gasteiger partial charge in [0.05, 0.1) is 4.90 Å². The fourth-order valence-electron chi connectivity index (χ4n) is 4.66. The second-order valence-corrected chi connectivity index (χ2v) is 11.1. The minimum Gasteiger partial charge on any atom is -0.340 e. The summed E-state index contributed by atoms with van der Waals surface area (Å²) < 4.78 is 27.6. The number of anilines is 1. The second kappa shape index (κ2) is 11.6. The van der Waals surface area contributed by atoms with Gasteiger partial charge in [-0.05, 0) is 54.7 Å². The third-order valence-electron chi connectivity index (χ3n) is 6.71. The summed E-state index contributed by atoms with van der Waals surface area (Å²) in [5.74, 6) is 0.619. The molecule has 2 aromatic rings. The molecule has 9 nitrogen and oxygen atoms in total. The van der Waals surface area contributed by atoms with Gasteiger partial charge >= 0.3 is 6.03 Å². The van der Waals surface area contributed by atoms with Crippen LogP contribution in [0.3, 0.4) is 0 Å². The molecule has 0 spiro atoms. The van der Waals surface area contributed by atoms with Crippen LogP contribution in [-0.4, -0.2) is 60.7 Å². The number of aromatic nitrogens is 1. The minimum atomic E-state index is -3.67. The van der Waals surface area contributed by atoms with Crippen LogP contribution < -0.4 is 10.6 Å². The summed E-state index contributed by atoms with van der Waals surface area (Å²) in [4.78, 5) is 30.8. The quantitative estimate of drug-likeness (QED) is 0.608. The Morgan fingerprint density at radius 1 is 0.971 bits per heavy atom. The van der Waals surface area contributed by atoms with Crippen molar-refractivity contribution in [2.45, 2.75) is 50.0 Å². The van der Waals surface area contributed by atoms with Gasteiger partial charge in [0.2, 0.25) is 15.9 Å². The second-order valence-electron chi connectivity index (χ2n) is 9.19. The van der Waals surface area contributed by atoms with Crippen molar-refractivity contribution >= 4 is 27.6 Å². The number of amides is 3. The highest BCUT2D eigenvalue weighted by Crippen LogP contribution is 2.27. The van der Waals surface area contributed by atoms with Gasteiger partial charge < -0.3 is 15.5 Å². The first-order valence-electron chi connectivity index (χ1n) is 12.2. The van der Waals surface area contributed by atoms with Gasteiger partial charge in [-0.1, -0.05) is 25.3 Å². The molecule has 1 aromatic heterocycles. The first-order valence-corrected chi connectivity index (χ1v) is 13.7. The van der Waals surface area contributed by atoms with Gasteiger partial charge in [-0.25, -0.2) is 13.2 Å². The third-order valence-corrected chi connectivity index (χ3v) is 8.62. The number of nitrogens with one attached hydrogen (secondary N) is 2. The van der Waals surface area contributed by atoms with Crippen molar-refractivity contribution in [1.82, 2.24) is 19.5 Å². The molecule has 3 amide bonds. The molecule has 2 heterocycles. The molecule has 188 valence electrons. The Labute approximate surface area is 207 Å². The molecule has 2 fully saturated rings. The molecular formula is C25H33N5O4S. The van der Waals surface area contributed by atoms with E-state index >= 15 is 0 Å². The van der Waals surface area contributed by atoms with Crippen LogP contribution in [0.1, 0.15) is 44.1 Å². The zero-order valence-corrected chi connectivity index (χ0v) is 20.7. The molecule has 0 atom stereocenters. The summed E-state index contributed by atoms with van der Waals surface area (Å²) in [6, 6.07) is 9.39. The van der Waals surface area contributed by atoms with E-state index in [1.165, 1.54) is 35.7 Å². The van der Waals surface area contributed by atoms with Gasteiger partial charge in [-0.2, -0.15) is 4.31 Å². The van der Waals surface area contributed by atoms with E-state index in [-0.39, 0.29) is 23.9 Å². The standard InChI is InChI=1S/C25H33N5O4S/c31-24(17-20-5-2-1-3-6-20)29-13-15-30(16-14-29)35(33,34)23-10-8-22(9-11-23)28-25(32)27-19-21-7-4-12-26-18-21/h4,7-12,18,20H,1-3,5-6,13-17,19H2,(H2,27,28,32). The van der Waals surface area contributed by atoms with E-state index in [1.807, 2.05) is 6.07 Å². The lowest BCUT2D eigenvalue weighted by molar-refractivity contribution is -0.133. The maximum absolute atomic E-state index is 13.1. The van der Waals surface area contributed by atoms with E-state index in [0.29, 0.717) is 37.7 Å². The lowest BCUT2D eigenvalue weighted by Crippen LogP contribution is -2.50. The normalized spacial score (nSPS) is 17.7. The van der Waals surface area contributed by atoms with E-state index in [4.69, 9.17) is 0 Å². The summed E-state index contributed by atoms with van der Waals surface area (Å²) in [7, 11) is -3.67. The fourth-order valence-corrected chi connectivity index (χ4v) is 6.09. The number of carbonyl (C=O) groups excluding carboxylic acids is 2. The Hall–Kier alpha value is -2.98. The molecule has 4 rings (SSSR count). The molecule has 0 unspecified atom stereocenters. The molecular weight excluding hydrogens is 466 g/mol. The van der Waals surface area contributed by atoms with E-state index < -0.39 is 16.1 Å². The van der Waals surface area contributed by atoms with E-state index in [2.05, 4.69) is 15.6 Å². The third kappa shape index (κ3) is 6.79. The van der Waals surface area contributed by atoms with E-state index in [0.717, 1.165) is 18.4 Å². The molecule has 10 heteroatoms. The fraction of sp³-hybridized carbons (Fsp3) is 0.480. The van der Waals surface area contributed by atoms with Crippen molar-refractivity contribution in [3.8, 4) is 0 Å².